The van der Waals surface area contributed by atoms with Gasteiger partial charge in [0.25, 0.3) is 0 Å². The van der Waals surface area contributed by atoms with Crippen molar-refractivity contribution in [1.82, 2.24) is 15.0 Å². The Kier molecular flexibility index (Phi) is 3.66. The Bertz CT molecular complexity index is 528. The van der Waals surface area contributed by atoms with Crippen LogP contribution in [0.25, 0.3) is 11.5 Å². The molecule has 2 aromatic heterocycles. The molecule has 0 aliphatic rings. The van der Waals surface area contributed by atoms with Gasteiger partial charge in [0.2, 0.25) is 0 Å². The monoisotopic (exact) mass is 248 g/mol. The minimum absolute atomic E-state index is 0.553. The quantitative estimate of drug-likeness (QED) is 0.902. The van der Waals surface area contributed by atoms with E-state index >= 15 is 0 Å². The first-order chi connectivity index (χ1) is 8.20. The van der Waals surface area contributed by atoms with Crippen LogP contribution >= 0.6 is 11.6 Å². The molecule has 0 unspecified atom stereocenters. The van der Waals surface area contributed by atoms with E-state index in [2.05, 4.69) is 15.0 Å². The summed E-state index contributed by atoms with van der Waals surface area (Å²) in [5.41, 5.74) is 7.94. The molecule has 2 rings (SSSR count). The van der Waals surface area contributed by atoms with Crippen LogP contribution in [0, 0.1) is 6.92 Å². The maximum Gasteiger partial charge on any atom is 0.180 e. The number of hydrogen-bond donors (Lipinski definition) is 1. The molecule has 0 aromatic carbocycles. The van der Waals surface area contributed by atoms with Gasteiger partial charge in [-0.25, -0.2) is 9.97 Å². The first-order valence-electron chi connectivity index (χ1n) is 5.36. The van der Waals surface area contributed by atoms with Crippen LogP contribution in [0.15, 0.2) is 24.4 Å². The summed E-state index contributed by atoms with van der Waals surface area (Å²) in [4.78, 5) is 13.0. The number of nitrogens with zero attached hydrogens (tertiary/aromatic N) is 3. The molecule has 2 aromatic rings. The highest BCUT2D eigenvalue weighted by Crippen LogP contribution is 2.22. The van der Waals surface area contributed by atoms with E-state index in [4.69, 9.17) is 17.3 Å². The summed E-state index contributed by atoms with van der Waals surface area (Å²) in [6, 6.07) is 5.48. The normalized spacial score (nSPS) is 10.5. The van der Waals surface area contributed by atoms with E-state index in [0.29, 0.717) is 23.1 Å². The van der Waals surface area contributed by atoms with Gasteiger partial charge in [-0.2, -0.15) is 0 Å². The molecule has 88 valence electrons. The van der Waals surface area contributed by atoms with Crippen molar-refractivity contribution >= 4 is 11.6 Å². The largest absolute Gasteiger partial charge is 0.330 e. The van der Waals surface area contributed by atoms with Gasteiger partial charge in [0.05, 0.1) is 5.02 Å². The highest BCUT2D eigenvalue weighted by Gasteiger charge is 2.09. The maximum atomic E-state index is 6.07. The van der Waals surface area contributed by atoms with Gasteiger partial charge in [0, 0.05) is 24.0 Å². The molecule has 17 heavy (non-hydrogen) atoms. The molecule has 0 saturated heterocycles. The molecule has 0 spiro atoms. The van der Waals surface area contributed by atoms with E-state index in [0.717, 1.165) is 17.8 Å². The highest BCUT2D eigenvalue weighted by molar-refractivity contribution is 6.32. The standard InChI is InChI=1S/C12H13ClN4/c1-8-7-9(4-5-14)17-12(16-8)11-10(13)3-2-6-15-11/h2-3,6-7H,4-5,14H2,1H3. The maximum absolute atomic E-state index is 6.07. The van der Waals surface area contributed by atoms with Crippen LogP contribution in [0.2, 0.25) is 5.02 Å². The molecule has 0 bridgehead atoms. The van der Waals surface area contributed by atoms with Crippen LogP contribution in [-0.2, 0) is 6.42 Å². The van der Waals surface area contributed by atoms with E-state index in [1.54, 1.807) is 18.3 Å². The first-order valence-corrected chi connectivity index (χ1v) is 5.74. The molecule has 0 saturated carbocycles. The lowest BCUT2D eigenvalue weighted by Gasteiger charge is -2.05. The molecule has 2 N–H and O–H groups in total. The van der Waals surface area contributed by atoms with Crippen molar-refractivity contribution in [2.24, 2.45) is 5.73 Å². The Labute approximate surface area is 105 Å². The number of hydrogen-bond acceptors (Lipinski definition) is 4. The lowest BCUT2D eigenvalue weighted by molar-refractivity contribution is 0.902. The zero-order valence-electron chi connectivity index (χ0n) is 9.52. The number of rotatable bonds is 3. The average Bonchev–Trinajstić information content (AvgIpc) is 2.29. The van der Waals surface area contributed by atoms with Gasteiger partial charge in [0.1, 0.15) is 5.69 Å². The lowest BCUT2D eigenvalue weighted by atomic mass is 10.2. The van der Waals surface area contributed by atoms with E-state index in [1.807, 2.05) is 13.0 Å². The second kappa shape index (κ2) is 5.21. The Balaban J connectivity index is 2.48. The number of aromatic nitrogens is 3. The summed E-state index contributed by atoms with van der Waals surface area (Å²) >= 11 is 6.07. The van der Waals surface area contributed by atoms with Gasteiger partial charge >= 0.3 is 0 Å². The van der Waals surface area contributed by atoms with Crippen molar-refractivity contribution in [1.29, 1.82) is 0 Å². The summed E-state index contributed by atoms with van der Waals surface area (Å²) in [5, 5.41) is 0.553. The predicted molar refractivity (Wildman–Crippen MR) is 67.8 cm³/mol. The summed E-state index contributed by atoms with van der Waals surface area (Å²) in [6.45, 7) is 2.48. The molecule has 0 atom stereocenters. The zero-order chi connectivity index (χ0) is 12.3. The van der Waals surface area contributed by atoms with Crippen LogP contribution in [0.3, 0.4) is 0 Å². The van der Waals surface area contributed by atoms with Gasteiger partial charge in [-0.1, -0.05) is 11.6 Å². The average molecular weight is 249 g/mol. The lowest BCUT2D eigenvalue weighted by Crippen LogP contribution is -2.06. The van der Waals surface area contributed by atoms with Crippen molar-refractivity contribution in [3.8, 4) is 11.5 Å². The molecule has 0 fully saturated rings. The molecule has 0 radical (unpaired) electrons. The van der Waals surface area contributed by atoms with Crippen LogP contribution < -0.4 is 5.73 Å². The topological polar surface area (TPSA) is 64.7 Å². The van der Waals surface area contributed by atoms with Crippen molar-refractivity contribution in [2.75, 3.05) is 6.54 Å². The van der Waals surface area contributed by atoms with Crippen LogP contribution in [0.1, 0.15) is 11.4 Å². The molecule has 2 heterocycles. The Morgan fingerprint density at radius 1 is 1.35 bits per heavy atom. The summed E-state index contributed by atoms with van der Waals surface area (Å²) < 4.78 is 0. The first kappa shape index (κ1) is 12.0. The van der Waals surface area contributed by atoms with E-state index < -0.39 is 0 Å². The van der Waals surface area contributed by atoms with E-state index in [-0.39, 0.29) is 0 Å². The van der Waals surface area contributed by atoms with E-state index in [9.17, 15) is 0 Å². The summed E-state index contributed by atoms with van der Waals surface area (Å²) in [5.74, 6) is 0.555. The highest BCUT2D eigenvalue weighted by atomic mass is 35.5. The van der Waals surface area contributed by atoms with Crippen LogP contribution in [-0.4, -0.2) is 21.5 Å². The number of pyridine rings is 1. The zero-order valence-corrected chi connectivity index (χ0v) is 10.3. The molecule has 0 aliphatic heterocycles. The number of nitrogens with two attached hydrogens (primary N) is 1. The SMILES string of the molecule is Cc1cc(CCN)nc(-c2ncccc2Cl)n1. The fourth-order valence-corrected chi connectivity index (χ4v) is 1.77. The third-order valence-corrected chi connectivity index (χ3v) is 2.58. The van der Waals surface area contributed by atoms with E-state index in [1.165, 1.54) is 0 Å². The van der Waals surface area contributed by atoms with Gasteiger partial charge in [-0.15, -0.1) is 0 Å². The molecule has 4 nitrogen and oxygen atoms in total. The van der Waals surface area contributed by atoms with Crippen LogP contribution in [0.4, 0.5) is 0 Å². The molecular weight excluding hydrogens is 236 g/mol. The molecule has 5 heteroatoms. The second-order valence-corrected chi connectivity index (χ2v) is 4.10. The predicted octanol–water partition coefficient (Wildman–Crippen LogP) is 2.00. The van der Waals surface area contributed by atoms with Gasteiger partial charge in [0.15, 0.2) is 5.82 Å². The van der Waals surface area contributed by atoms with Crippen molar-refractivity contribution < 1.29 is 0 Å². The molecule has 0 aliphatic carbocycles. The molecule has 0 amide bonds. The van der Waals surface area contributed by atoms with Crippen LogP contribution in [0.5, 0.6) is 0 Å². The van der Waals surface area contributed by atoms with Gasteiger partial charge in [-0.3, -0.25) is 4.98 Å². The fraction of sp³-hybridized carbons (Fsp3) is 0.250. The van der Waals surface area contributed by atoms with Crippen molar-refractivity contribution in [2.45, 2.75) is 13.3 Å². The Hall–Kier alpha value is -1.52. The molecular formula is C12H13ClN4. The number of aryl methyl sites for hydroxylation is 1. The minimum Gasteiger partial charge on any atom is -0.330 e. The Morgan fingerprint density at radius 3 is 2.88 bits per heavy atom. The minimum atomic E-state index is 0.553. The summed E-state index contributed by atoms with van der Waals surface area (Å²) in [7, 11) is 0. The number of halogens is 1. The fourth-order valence-electron chi connectivity index (χ4n) is 1.57. The second-order valence-electron chi connectivity index (χ2n) is 3.70. The van der Waals surface area contributed by atoms with Gasteiger partial charge < -0.3 is 5.73 Å². The third kappa shape index (κ3) is 2.78. The smallest absolute Gasteiger partial charge is 0.180 e. The third-order valence-electron chi connectivity index (χ3n) is 2.28. The van der Waals surface area contributed by atoms with Crippen molar-refractivity contribution in [3.05, 3.63) is 40.8 Å². The summed E-state index contributed by atoms with van der Waals surface area (Å²) in [6.07, 6.45) is 2.40. The van der Waals surface area contributed by atoms with Crippen molar-refractivity contribution in [3.63, 3.8) is 0 Å². The van der Waals surface area contributed by atoms with Gasteiger partial charge in [-0.05, 0) is 31.7 Å². The Morgan fingerprint density at radius 2 is 2.18 bits per heavy atom.